The van der Waals surface area contributed by atoms with Crippen LogP contribution in [-0.4, -0.2) is 21.4 Å². The molecule has 2 aromatic rings. The molecular weight excluding hydrogens is 240 g/mol. The van der Waals surface area contributed by atoms with Crippen molar-refractivity contribution >= 4 is 0 Å². The predicted octanol–water partition coefficient (Wildman–Crippen LogP) is 2.27. The van der Waals surface area contributed by atoms with Crippen LogP contribution in [0, 0.1) is 0 Å². The topological polar surface area (TPSA) is 59.2 Å². The quantitative estimate of drug-likeness (QED) is 0.917. The largest absolute Gasteiger partial charge is 0.393 e. The molecule has 4 nitrogen and oxygen atoms in total. The standard InChI is InChI=1S/C15H18N2O2/c1-10(18)8-14-16-15(17-19-14)13-7-6-11-4-2-3-5-12(11)9-13/h2-5,10,13,18H,6-9H2,1H3. The maximum Gasteiger partial charge on any atom is 0.229 e. The molecular formula is C15H18N2O2. The first-order chi connectivity index (χ1) is 9.22. The van der Waals surface area contributed by atoms with Gasteiger partial charge in [-0.05, 0) is 37.3 Å². The first-order valence-corrected chi connectivity index (χ1v) is 6.79. The lowest BCUT2D eigenvalue weighted by Crippen LogP contribution is -2.14. The van der Waals surface area contributed by atoms with E-state index in [0.717, 1.165) is 25.1 Å². The molecule has 0 bridgehead atoms. The Morgan fingerprint density at radius 3 is 2.95 bits per heavy atom. The van der Waals surface area contributed by atoms with Crippen LogP contribution < -0.4 is 0 Å². The minimum Gasteiger partial charge on any atom is -0.393 e. The molecule has 0 radical (unpaired) electrons. The maximum atomic E-state index is 9.33. The Hall–Kier alpha value is -1.68. The van der Waals surface area contributed by atoms with Gasteiger partial charge < -0.3 is 9.63 Å². The first kappa shape index (κ1) is 12.4. The Kier molecular flexibility index (Phi) is 3.34. The summed E-state index contributed by atoms with van der Waals surface area (Å²) in [5.41, 5.74) is 2.83. The van der Waals surface area contributed by atoms with Crippen molar-refractivity contribution in [3.63, 3.8) is 0 Å². The van der Waals surface area contributed by atoms with Gasteiger partial charge >= 0.3 is 0 Å². The molecule has 19 heavy (non-hydrogen) atoms. The van der Waals surface area contributed by atoms with Gasteiger partial charge in [0.15, 0.2) is 5.82 Å². The lowest BCUT2D eigenvalue weighted by Gasteiger charge is -2.21. The van der Waals surface area contributed by atoms with Gasteiger partial charge in [0.2, 0.25) is 5.89 Å². The molecule has 1 aromatic carbocycles. The second-order valence-corrected chi connectivity index (χ2v) is 5.31. The second kappa shape index (κ2) is 5.13. The van der Waals surface area contributed by atoms with Gasteiger partial charge in [-0.25, -0.2) is 0 Å². The molecule has 1 N–H and O–H groups in total. The Labute approximate surface area is 112 Å². The second-order valence-electron chi connectivity index (χ2n) is 5.31. The lowest BCUT2D eigenvalue weighted by molar-refractivity contribution is 0.181. The van der Waals surface area contributed by atoms with E-state index >= 15 is 0 Å². The van der Waals surface area contributed by atoms with Crippen LogP contribution in [-0.2, 0) is 19.3 Å². The minimum absolute atomic E-state index is 0.335. The highest BCUT2D eigenvalue weighted by molar-refractivity contribution is 5.31. The molecule has 0 saturated heterocycles. The highest BCUT2D eigenvalue weighted by atomic mass is 16.5. The van der Waals surface area contributed by atoms with E-state index < -0.39 is 6.10 Å². The summed E-state index contributed by atoms with van der Waals surface area (Å²) in [6.07, 6.45) is 3.09. The van der Waals surface area contributed by atoms with E-state index in [1.807, 2.05) is 0 Å². The van der Waals surface area contributed by atoms with Crippen LogP contribution in [0.5, 0.6) is 0 Å². The summed E-state index contributed by atoms with van der Waals surface area (Å²) < 4.78 is 5.20. The normalized spacial score (nSPS) is 20.0. The molecule has 1 aromatic heterocycles. The number of benzene rings is 1. The number of hydrogen-bond donors (Lipinski definition) is 1. The van der Waals surface area contributed by atoms with E-state index in [0.29, 0.717) is 18.2 Å². The van der Waals surface area contributed by atoms with Gasteiger partial charge in [0.25, 0.3) is 0 Å². The number of aliphatic hydroxyl groups is 1. The maximum absolute atomic E-state index is 9.33. The van der Waals surface area contributed by atoms with Crippen molar-refractivity contribution in [3.05, 3.63) is 47.1 Å². The van der Waals surface area contributed by atoms with Gasteiger partial charge in [0.1, 0.15) is 0 Å². The fourth-order valence-electron chi connectivity index (χ4n) is 2.69. The van der Waals surface area contributed by atoms with E-state index in [1.165, 1.54) is 11.1 Å². The van der Waals surface area contributed by atoms with E-state index in [4.69, 9.17) is 4.52 Å². The zero-order valence-electron chi connectivity index (χ0n) is 11.0. The van der Waals surface area contributed by atoms with E-state index in [2.05, 4.69) is 34.4 Å². The van der Waals surface area contributed by atoms with Gasteiger partial charge in [0.05, 0.1) is 12.5 Å². The summed E-state index contributed by atoms with van der Waals surface area (Å²) >= 11 is 0. The smallest absolute Gasteiger partial charge is 0.229 e. The summed E-state index contributed by atoms with van der Waals surface area (Å²) in [6.45, 7) is 1.72. The van der Waals surface area contributed by atoms with Crippen molar-refractivity contribution in [2.75, 3.05) is 0 Å². The zero-order valence-corrected chi connectivity index (χ0v) is 11.0. The molecule has 0 spiro atoms. The summed E-state index contributed by atoms with van der Waals surface area (Å²) in [6, 6.07) is 8.55. The van der Waals surface area contributed by atoms with Crippen LogP contribution in [0.25, 0.3) is 0 Å². The molecule has 4 heteroatoms. The van der Waals surface area contributed by atoms with Crippen molar-refractivity contribution in [2.45, 2.75) is 44.6 Å². The van der Waals surface area contributed by atoms with Crippen LogP contribution >= 0.6 is 0 Å². The van der Waals surface area contributed by atoms with Crippen LogP contribution in [0.3, 0.4) is 0 Å². The Morgan fingerprint density at radius 1 is 1.37 bits per heavy atom. The van der Waals surface area contributed by atoms with E-state index in [1.54, 1.807) is 6.92 Å². The molecule has 0 aliphatic heterocycles. The summed E-state index contributed by atoms with van der Waals surface area (Å²) in [5.74, 6) is 1.65. The average Bonchev–Trinajstić information content (AvgIpc) is 2.86. The van der Waals surface area contributed by atoms with Gasteiger partial charge in [-0.2, -0.15) is 4.98 Å². The van der Waals surface area contributed by atoms with E-state index in [9.17, 15) is 5.11 Å². The van der Waals surface area contributed by atoms with Crippen molar-refractivity contribution in [1.82, 2.24) is 10.1 Å². The van der Waals surface area contributed by atoms with Crippen LogP contribution in [0.15, 0.2) is 28.8 Å². The molecule has 0 fully saturated rings. The molecule has 2 atom stereocenters. The van der Waals surface area contributed by atoms with Crippen molar-refractivity contribution in [2.24, 2.45) is 0 Å². The SMILES string of the molecule is CC(O)Cc1nc(C2CCc3ccccc3C2)no1. The van der Waals surface area contributed by atoms with Crippen molar-refractivity contribution in [1.29, 1.82) is 0 Å². The third-order valence-electron chi connectivity index (χ3n) is 3.67. The monoisotopic (exact) mass is 258 g/mol. The van der Waals surface area contributed by atoms with Crippen molar-refractivity contribution in [3.8, 4) is 0 Å². The third kappa shape index (κ3) is 2.68. The third-order valence-corrected chi connectivity index (χ3v) is 3.67. The Balaban J connectivity index is 1.76. The first-order valence-electron chi connectivity index (χ1n) is 6.79. The molecule has 0 amide bonds. The van der Waals surface area contributed by atoms with Crippen LogP contribution in [0.1, 0.15) is 42.1 Å². The predicted molar refractivity (Wildman–Crippen MR) is 70.9 cm³/mol. The molecule has 1 heterocycles. The molecule has 1 aliphatic rings. The molecule has 1 aliphatic carbocycles. The minimum atomic E-state index is -0.444. The van der Waals surface area contributed by atoms with E-state index in [-0.39, 0.29) is 0 Å². The summed E-state index contributed by atoms with van der Waals surface area (Å²) in [7, 11) is 0. The Morgan fingerprint density at radius 2 is 2.16 bits per heavy atom. The number of aromatic nitrogens is 2. The molecule has 100 valence electrons. The number of nitrogens with zero attached hydrogens (tertiary/aromatic N) is 2. The summed E-state index contributed by atoms with van der Waals surface area (Å²) in [5, 5.41) is 13.4. The molecule has 3 rings (SSSR count). The lowest BCUT2D eigenvalue weighted by atomic mass is 9.83. The van der Waals surface area contributed by atoms with Gasteiger partial charge in [-0.15, -0.1) is 0 Å². The number of fused-ring (bicyclic) bond motifs is 1. The highest BCUT2D eigenvalue weighted by Gasteiger charge is 2.24. The Bertz CT molecular complexity index is 563. The molecule has 0 saturated carbocycles. The molecule has 2 unspecified atom stereocenters. The average molecular weight is 258 g/mol. The number of hydrogen-bond acceptors (Lipinski definition) is 4. The number of aryl methyl sites for hydroxylation is 1. The zero-order chi connectivity index (χ0) is 13.2. The van der Waals surface area contributed by atoms with Crippen LogP contribution in [0.2, 0.25) is 0 Å². The number of rotatable bonds is 3. The summed E-state index contributed by atoms with van der Waals surface area (Å²) in [4.78, 5) is 4.41. The van der Waals surface area contributed by atoms with Gasteiger partial charge in [-0.3, -0.25) is 0 Å². The van der Waals surface area contributed by atoms with Crippen LogP contribution in [0.4, 0.5) is 0 Å². The van der Waals surface area contributed by atoms with Gasteiger partial charge in [-0.1, -0.05) is 29.4 Å². The van der Waals surface area contributed by atoms with Crippen molar-refractivity contribution < 1.29 is 9.63 Å². The van der Waals surface area contributed by atoms with Gasteiger partial charge in [0, 0.05) is 5.92 Å². The fourth-order valence-corrected chi connectivity index (χ4v) is 2.69. The highest BCUT2D eigenvalue weighted by Crippen LogP contribution is 2.31. The number of aliphatic hydroxyl groups excluding tert-OH is 1. The fraction of sp³-hybridized carbons (Fsp3) is 0.467.